The molecular formula is C15H20N4O. The summed E-state index contributed by atoms with van der Waals surface area (Å²) in [7, 11) is 0. The molecule has 20 heavy (non-hydrogen) atoms. The number of fused-ring (bicyclic) bond motifs is 2. The largest absolute Gasteiger partial charge is 0.342 e. The van der Waals surface area contributed by atoms with E-state index in [4.69, 9.17) is 0 Å². The molecule has 5 heteroatoms. The van der Waals surface area contributed by atoms with Gasteiger partial charge < -0.3 is 4.90 Å². The number of hydrogen-bond acceptors (Lipinski definition) is 3. The highest BCUT2D eigenvalue weighted by molar-refractivity contribution is 5.80. The fourth-order valence-corrected chi connectivity index (χ4v) is 4.03. The lowest BCUT2D eigenvalue weighted by atomic mass is 9.91. The Bertz CT molecular complexity index is 516. The van der Waals surface area contributed by atoms with Crippen molar-refractivity contribution in [1.82, 2.24) is 19.9 Å². The summed E-state index contributed by atoms with van der Waals surface area (Å²) >= 11 is 0. The van der Waals surface area contributed by atoms with Gasteiger partial charge in [0.05, 0.1) is 18.4 Å². The van der Waals surface area contributed by atoms with Crippen LogP contribution in [-0.2, 0) is 4.79 Å². The third-order valence-electron chi connectivity index (χ3n) is 5.14. The van der Waals surface area contributed by atoms with Gasteiger partial charge in [-0.3, -0.25) is 4.79 Å². The summed E-state index contributed by atoms with van der Waals surface area (Å²) in [5.41, 5.74) is 0. The Morgan fingerprint density at radius 1 is 1.05 bits per heavy atom. The van der Waals surface area contributed by atoms with Gasteiger partial charge in [0, 0.05) is 19.0 Å². The monoisotopic (exact) mass is 272 g/mol. The fourth-order valence-electron chi connectivity index (χ4n) is 4.03. The summed E-state index contributed by atoms with van der Waals surface area (Å²) in [6.45, 7) is 1.70. The number of hydrogen-bond donors (Lipinski definition) is 0. The lowest BCUT2D eigenvalue weighted by molar-refractivity contribution is -0.137. The minimum atomic E-state index is 0.254. The van der Waals surface area contributed by atoms with Crippen LogP contribution in [0.5, 0.6) is 0 Å². The number of aromatic nitrogens is 3. The predicted molar refractivity (Wildman–Crippen MR) is 73.7 cm³/mol. The van der Waals surface area contributed by atoms with Gasteiger partial charge in [0.2, 0.25) is 5.91 Å². The Balaban J connectivity index is 1.37. The van der Waals surface area contributed by atoms with E-state index >= 15 is 0 Å². The van der Waals surface area contributed by atoms with Crippen LogP contribution in [0.4, 0.5) is 0 Å². The minimum absolute atomic E-state index is 0.254. The molecule has 0 N–H and O–H groups in total. The molecule has 3 atom stereocenters. The van der Waals surface area contributed by atoms with Gasteiger partial charge in [-0.2, -0.15) is 15.0 Å². The maximum absolute atomic E-state index is 12.6. The Labute approximate surface area is 118 Å². The molecule has 2 aliphatic carbocycles. The van der Waals surface area contributed by atoms with Crippen molar-refractivity contribution in [1.29, 1.82) is 0 Å². The second-order valence-electron chi connectivity index (χ2n) is 6.29. The average molecular weight is 272 g/mol. The van der Waals surface area contributed by atoms with Crippen molar-refractivity contribution >= 4 is 5.91 Å². The Morgan fingerprint density at radius 3 is 2.40 bits per heavy atom. The highest BCUT2D eigenvalue weighted by Crippen LogP contribution is 2.44. The van der Waals surface area contributed by atoms with Crippen LogP contribution < -0.4 is 0 Å². The smallest absolute Gasteiger partial charge is 0.226 e. The molecule has 1 aliphatic heterocycles. The highest BCUT2D eigenvalue weighted by atomic mass is 16.2. The SMILES string of the molecule is O=C(C1CC2C=CC1C2)N1CCC(n2nccn2)CC1. The van der Waals surface area contributed by atoms with Crippen LogP contribution in [0, 0.1) is 17.8 Å². The Kier molecular flexibility index (Phi) is 2.86. The van der Waals surface area contributed by atoms with Crippen molar-refractivity contribution in [2.24, 2.45) is 17.8 Å². The van der Waals surface area contributed by atoms with Gasteiger partial charge in [0.25, 0.3) is 0 Å². The average Bonchev–Trinajstić information content (AvgIpc) is 3.23. The summed E-state index contributed by atoms with van der Waals surface area (Å²) in [5.74, 6) is 1.82. The van der Waals surface area contributed by atoms with E-state index in [1.165, 1.54) is 6.42 Å². The Morgan fingerprint density at radius 2 is 1.80 bits per heavy atom. The van der Waals surface area contributed by atoms with E-state index in [1.807, 2.05) is 0 Å². The third kappa shape index (κ3) is 1.96. The molecule has 2 bridgehead atoms. The number of amides is 1. The summed E-state index contributed by atoms with van der Waals surface area (Å²) in [5, 5.41) is 8.42. The minimum Gasteiger partial charge on any atom is -0.342 e. The zero-order valence-corrected chi connectivity index (χ0v) is 11.6. The molecular weight excluding hydrogens is 252 g/mol. The molecule has 1 saturated carbocycles. The summed E-state index contributed by atoms with van der Waals surface area (Å²) in [6.07, 6.45) is 12.2. The van der Waals surface area contributed by atoms with E-state index in [1.54, 1.807) is 17.2 Å². The lowest BCUT2D eigenvalue weighted by Gasteiger charge is -2.34. The molecule has 1 amide bonds. The molecule has 3 aliphatic rings. The van der Waals surface area contributed by atoms with E-state index in [0.717, 1.165) is 32.4 Å². The quantitative estimate of drug-likeness (QED) is 0.769. The van der Waals surface area contributed by atoms with Crippen molar-refractivity contribution in [2.45, 2.75) is 31.7 Å². The van der Waals surface area contributed by atoms with Crippen molar-refractivity contribution in [3.05, 3.63) is 24.5 Å². The van der Waals surface area contributed by atoms with Gasteiger partial charge in [0.15, 0.2) is 0 Å². The maximum Gasteiger partial charge on any atom is 0.226 e. The highest BCUT2D eigenvalue weighted by Gasteiger charge is 2.42. The first-order valence-electron chi connectivity index (χ1n) is 7.64. The summed E-state index contributed by atoms with van der Waals surface area (Å²) in [4.78, 5) is 16.5. The molecule has 0 radical (unpaired) electrons. The van der Waals surface area contributed by atoms with Crippen LogP contribution in [0.3, 0.4) is 0 Å². The van der Waals surface area contributed by atoms with E-state index in [2.05, 4.69) is 27.2 Å². The summed E-state index contributed by atoms with van der Waals surface area (Å²) in [6, 6.07) is 0.356. The van der Waals surface area contributed by atoms with Crippen LogP contribution in [0.2, 0.25) is 0 Å². The molecule has 0 spiro atoms. The van der Waals surface area contributed by atoms with Crippen LogP contribution in [0.15, 0.2) is 24.5 Å². The van der Waals surface area contributed by atoms with E-state index in [9.17, 15) is 4.79 Å². The Hall–Kier alpha value is -1.65. The first kappa shape index (κ1) is 12.1. The van der Waals surface area contributed by atoms with Gasteiger partial charge in [0.1, 0.15) is 0 Å². The normalized spacial score (nSPS) is 33.0. The molecule has 1 aromatic rings. The fraction of sp³-hybridized carbons (Fsp3) is 0.667. The number of piperidine rings is 1. The molecule has 4 rings (SSSR count). The lowest BCUT2D eigenvalue weighted by Crippen LogP contribution is -2.43. The van der Waals surface area contributed by atoms with Crippen LogP contribution in [-0.4, -0.2) is 38.9 Å². The van der Waals surface area contributed by atoms with Gasteiger partial charge in [-0.1, -0.05) is 12.2 Å². The second kappa shape index (κ2) is 4.72. The third-order valence-corrected chi connectivity index (χ3v) is 5.14. The first-order chi connectivity index (χ1) is 9.81. The van der Waals surface area contributed by atoms with Crippen LogP contribution >= 0.6 is 0 Å². The van der Waals surface area contributed by atoms with Crippen molar-refractivity contribution in [3.63, 3.8) is 0 Å². The second-order valence-corrected chi connectivity index (χ2v) is 6.29. The zero-order valence-electron chi connectivity index (χ0n) is 11.6. The number of allylic oxidation sites excluding steroid dienone is 2. The van der Waals surface area contributed by atoms with Crippen LogP contribution in [0.25, 0.3) is 0 Å². The molecule has 5 nitrogen and oxygen atoms in total. The number of carbonyl (C=O) groups is 1. The topological polar surface area (TPSA) is 51.0 Å². The molecule has 1 aromatic heterocycles. The van der Waals surface area contributed by atoms with Gasteiger partial charge in [-0.15, -0.1) is 0 Å². The standard InChI is InChI=1S/C15H20N4O/c20-15(14-10-11-1-2-12(14)9-11)18-7-3-13(4-8-18)19-16-5-6-17-19/h1-2,5-6,11-14H,3-4,7-10H2. The molecule has 106 valence electrons. The van der Waals surface area contributed by atoms with Gasteiger partial charge in [-0.05, 0) is 37.5 Å². The molecule has 3 unspecified atom stereocenters. The van der Waals surface area contributed by atoms with Gasteiger partial charge in [-0.25, -0.2) is 0 Å². The van der Waals surface area contributed by atoms with E-state index in [0.29, 0.717) is 23.8 Å². The number of carbonyl (C=O) groups excluding carboxylic acids is 1. The molecule has 0 aromatic carbocycles. The molecule has 2 fully saturated rings. The van der Waals surface area contributed by atoms with Gasteiger partial charge >= 0.3 is 0 Å². The number of rotatable bonds is 2. The predicted octanol–water partition coefficient (Wildman–Crippen LogP) is 1.65. The van der Waals surface area contributed by atoms with E-state index in [-0.39, 0.29) is 5.92 Å². The van der Waals surface area contributed by atoms with E-state index < -0.39 is 0 Å². The first-order valence-corrected chi connectivity index (χ1v) is 7.64. The molecule has 2 heterocycles. The maximum atomic E-state index is 12.6. The zero-order chi connectivity index (χ0) is 13.5. The van der Waals surface area contributed by atoms with Crippen molar-refractivity contribution in [2.75, 3.05) is 13.1 Å². The summed E-state index contributed by atoms with van der Waals surface area (Å²) < 4.78 is 0. The van der Waals surface area contributed by atoms with Crippen molar-refractivity contribution in [3.8, 4) is 0 Å². The molecule has 1 saturated heterocycles. The van der Waals surface area contributed by atoms with Crippen molar-refractivity contribution < 1.29 is 4.79 Å². The number of likely N-dealkylation sites (tertiary alicyclic amines) is 1. The number of nitrogens with zero attached hydrogens (tertiary/aromatic N) is 4. The van der Waals surface area contributed by atoms with Crippen LogP contribution in [0.1, 0.15) is 31.7 Å².